The fraction of sp³-hybridized carbons (Fsp3) is 0.647. The number of benzene rings is 1. The molecule has 1 unspecified atom stereocenters. The molecule has 20 heavy (non-hydrogen) atoms. The molecule has 2 rings (SSSR count). The van der Waals surface area contributed by atoms with Crippen LogP contribution in [0.2, 0.25) is 5.02 Å². The molecule has 0 saturated heterocycles. The van der Waals surface area contributed by atoms with E-state index in [-0.39, 0.29) is 6.04 Å². The maximum absolute atomic E-state index is 6.46. The summed E-state index contributed by atoms with van der Waals surface area (Å²) in [6.07, 6.45) is 3.41. The summed E-state index contributed by atoms with van der Waals surface area (Å²) in [6, 6.07) is 2.14. The van der Waals surface area contributed by atoms with Crippen molar-refractivity contribution in [3.63, 3.8) is 0 Å². The van der Waals surface area contributed by atoms with Gasteiger partial charge in [-0.1, -0.05) is 25.4 Å². The van der Waals surface area contributed by atoms with Crippen LogP contribution < -0.4 is 10.5 Å². The van der Waals surface area contributed by atoms with E-state index in [0.29, 0.717) is 5.92 Å². The number of rotatable bonds is 6. The van der Waals surface area contributed by atoms with Crippen molar-refractivity contribution in [3.8, 4) is 5.75 Å². The Bertz CT molecular complexity index is 478. The van der Waals surface area contributed by atoms with Crippen molar-refractivity contribution >= 4 is 11.6 Å². The van der Waals surface area contributed by atoms with Gasteiger partial charge in [0, 0.05) is 16.6 Å². The smallest absolute Gasteiger partial charge is 0.125 e. The van der Waals surface area contributed by atoms with Crippen molar-refractivity contribution < 1.29 is 4.74 Å². The SMILES string of the molecule is Cc1cc(Cl)c(C(C)C)c(CC(C)N)c1OCC1CC1. The van der Waals surface area contributed by atoms with Gasteiger partial charge in [-0.25, -0.2) is 0 Å². The quantitative estimate of drug-likeness (QED) is 0.841. The highest BCUT2D eigenvalue weighted by molar-refractivity contribution is 6.31. The van der Waals surface area contributed by atoms with Gasteiger partial charge in [0.1, 0.15) is 5.75 Å². The van der Waals surface area contributed by atoms with Gasteiger partial charge in [-0.15, -0.1) is 0 Å². The fourth-order valence-electron chi connectivity index (χ4n) is 2.67. The van der Waals surface area contributed by atoms with E-state index in [1.54, 1.807) is 0 Å². The van der Waals surface area contributed by atoms with Gasteiger partial charge in [0.2, 0.25) is 0 Å². The summed E-state index contributed by atoms with van der Waals surface area (Å²) < 4.78 is 6.12. The molecule has 0 aromatic heterocycles. The second-order valence-corrected chi connectivity index (χ2v) is 6.89. The minimum absolute atomic E-state index is 0.105. The molecular formula is C17H26ClNO. The highest BCUT2D eigenvalue weighted by Crippen LogP contribution is 2.39. The average Bonchev–Trinajstić information content (AvgIpc) is 3.10. The Balaban J connectivity index is 2.41. The molecule has 0 aliphatic heterocycles. The molecule has 1 saturated carbocycles. The van der Waals surface area contributed by atoms with Gasteiger partial charge >= 0.3 is 0 Å². The Kier molecular flexibility index (Phi) is 4.98. The second kappa shape index (κ2) is 6.36. The first-order valence-electron chi connectivity index (χ1n) is 7.60. The van der Waals surface area contributed by atoms with Gasteiger partial charge in [0.15, 0.2) is 0 Å². The number of ether oxygens (including phenoxy) is 1. The first-order chi connectivity index (χ1) is 9.40. The number of hydrogen-bond donors (Lipinski definition) is 1. The first-order valence-corrected chi connectivity index (χ1v) is 7.98. The Morgan fingerprint density at radius 1 is 1.35 bits per heavy atom. The monoisotopic (exact) mass is 295 g/mol. The van der Waals surface area contributed by atoms with Crippen molar-refractivity contribution in [2.45, 2.75) is 58.9 Å². The maximum Gasteiger partial charge on any atom is 0.125 e. The number of nitrogens with two attached hydrogens (primary N) is 1. The Morgan fingerprint density at radius 3 is 2.50 bits per heavy atom. The lowest BCUT2D eigenvalue weighted by Crippen LogP contribution is -2.20. The van der Waals surface area contributed by atoms with Gasteiger partial charge in [-0.05, 0) is 62.1 Å². The van der Waals surface area contributed by atoms with Crippen LogP contribution in [-0.4, -0.2) is 12.6 Å². The van der Waals surface area contributed by atoms with E-state index in [4.69, 9.17) is 22.1 Å². The third-order valence-corrected chi connectivity index (χ3v) is 4.13. The van der Waals surface area contributed by atoms with Crippen LogP contribution in [0.5, 0.6) is 5.75 Å². The van der Waals surface area contributed by atoms with E-state index in [1.807, 2.05) is 13.0 Å². The number of aryl methyl sites for hydroxylation is 1. The van der Waals surface area contributed by atoms with Crippen LogP contribution >= 0.6 is 11.6 Å². The third kappa shape index (κ3) is 3.67. The molecule has 1 aliphatic carbocycles. The van der Waals surface area contributed by atoms with Gasteiger partial charge in [-0.2, -0.15) is 0 Å². The average molecular weight is 296 g/mol. The van der Waals surface area contributed by atoms with E-state index >= 15 is 0 Å². The Labute approximate surface area is 127 Å². The van der Waals surface area contributed by atoms with Crippen LogP contribution in [-0.2, 0) is 6.42 Å². The molecule has 0 spiro atoms. The van der Waals surface area contributed by atoms with E-state index in [9.17, 15) is 0 Å². The fourth-order valence-corrected chi connectivity index (χ4v) is 3.17. The summed E-state index contributed by atoms with van der Waals surface area (Å²) in [7, 11) is 0. The lowest BCUT2D eigenvalue weighted by molar-refractivity contribution is 0.294. The Morgan fingerprint density at radius 2 is 2.00 bits per heavy atom. The van der Waals surface area contributed by atoms with Crippen LogP contribution in [0, 0.1) is 12.8 Å². The minimum atomic E-state index is 0.105. The molecular weight excluding hydrogens is 270 g/mol. The molecule has 0 heterocycles. The predicted octanol–water partition coefficient (Wildman–Crippen LogP) is 4.45. The van der Waals surface area contributed by atoms with Crippen molar-refractivity contribution in [1.29, 1.82) is 0 Å². The molecule has 112 valence electrons. The van der Waals surface area contributed by atoms with E-state index in [1.165, 1.54) is 24.0 Å². The highest BCUT2D eigenvalue weighted by atomic mass is 35.5. The lowest BCUT2D eigenvalue weighted by Gasteiger charge is -2.22. The largest absolute Gasteiger partial charge is 0.493 e. The van der Waals surface area contributed by atoms with Crippen molar-refractivity contribution in [3.05, 3.63) is 27.8 Å². The summed E-state index contributed by atoms with van der Waals surface area (Å²) in [4.78, 5) is 0. The van der Waals surface area contributed by atoms with Crippen LogP contribution in [0.1, 0.15) is 56.2 Å². The van der Waals surface area contributed by atoms with Crippen LogP contribution in [0.3, 0.4) is 0 Å². The number of hydrogen-bond acceptors (Lipinski definition) is 2. The minimum Gasteiger partial charge on any atom is -0.493 e. The molecule has 2 nitrogen and oxygen atoms in total. The zero-order chi connectivity index (χ0) is 14.9. The second-order valence-electron chi connectivity index (χ2n) is 6.49. The van der Waals surface area contributed by atoms with Gasteiger partial charge < -0.3 is 10.5 Å². The zero-order valence-electron chi connectivity index (χ0n) is 13.0. The summed E-state index contributed by atoms with van der Waals surface area (Å²) in [6.45, 7) is 9.28. The standard InChI is InChI=1S/C17H26ClNO/c1-10(2)16-14(8-12(4)19)17(11(3)7-15(16)18)20-9-13-5-6-13/h7,10,12-13H,5-6,8-9,19H2,1-4H3. The highest BCUT2D eigenvalue weighted by Gasteiger charge is 2.25. The van der Waals surface area contributed by atoms with Crippen molar-refractivity contribution in [2.75, 3.05) is 6.61 Å². The summed E-state index contributed by atoms with van der Waals surface area (Å²) in [5.74, 6) is 2.14. The molecule has 0 bridgehead atoms. The van der Waals surface area contributed by atoms with Crippen molar-refractivity contribution in [1.82, 2.24) is 0 Å². The third-order valence-electron chi connectivity index (χ3n) is 3.82. The molecule has 1 aromatic rings. The predicted molar refractivity (Wildman–Crippen MR) is 85.9 cm³/mol. The van der Waals surface area contributed by atoms with Gasteiger partial charge in [0.25, 0.3) is 0 Å². The topological polar surface area (TPSA) is 35.2 Å². The molecule has 1 atom stereocenters. The van der Waals surface area contributed by atoms with Gasteiger partial charge in [0.05, 0.1) is 6.61 Å². The molecule has 3 heteroatoms. The molecule has 1 aromatic carbocycles. The van der Waals surface area contributed by atoms with E-state index in [2.05, 4.69) is 20.8 Å². The van der Waals surface area contributed by atoms with E-state index < -0.39 is 0 Å². The maximum atomic E-state index is 6.46. The van der Waals surface area contributed by atoms with Crippen LogP contribution in [0.15, 0.2) is 6.07 Å². The summed E-state index contributed by atoms with van der Waals surface area (Å²) in [5, 5.41) is 0.840. The normalized spacial score (nSPS) is 16.6. The molecule has 1 fully saturated rings. The molecule has 1 aliphatic rings. The van der Waals surface area contributed by atoms with Gasteiger partial charge in [-0.3, -0.25) is 0 Å². The number of halogens is 1. The van der Waals surface area contributed by atoms with Crippen LogP contribution in [0.4, 0.5) is 0 Å². The van der Waals surface area contributed by atoms with Crippen LogP contribution in [0.25, 0.3) is 0 Å². The Hall–Kier alpha value is -0.730. The first kappa shape index (κ1) is 15.7. The molecule has 0 amide bonds. The van der Waals surface area contributed by atoms with E-state index in [0.717, 1.165) is 35.3 Å². The zero-order valence-corrected chi connectivity index (χ0v) is 13.8. The molecule has 2 N–H and O–H groups in total. The summed E-state index contributed by atoms with van der Waals surface area (Å²) in [5.41, 5.74) is 9.56. The molecule has 0 radical (unpaired) electrons. The van der Waals surface area contributed by atoms with Crippen molar-refractivity contribution in [2.24, 2.45) is 11.7 Å². The lowest BCUT2D eigenvalue weighted by atomic mass is 9.91. The summed E-state index contributed by atoms with van der Waals surface area (Å²) >= 11 is 6.46.